The third kappa shape index (κ3) is 3.66. The number of thioether (sulfide) groups is 1. The summed E-state index contributed by atoms with van der Waals surface area (Å²) in [4.78, 5) is 0.947. The molecule has 19 heavy (non-hydrogen) atoms. The number of ether oxygens (including phenoxy) is 1. The van der Waals surface area contributed by atoms with Crippen molar-refractivity contribution < 1.29 is 4.74 Å². The second kappa shape index (κ2) is 6.51. The molecule has 0 heterocycles. The van der Waals surface area contributed by atoms with E-state index in [9.17, 15) is 0 Å². The van der Waals surface area contributed by atoms with Gasteiger partial charge in [-0.2, -0.15) is 5.26 Å². The standard InChI is InChI=1S/C15H12ClNOS/c1-18-14-5-2-11(3-6-14)10-19-15-7-4-13(16)8-12(15)9-17/h2-8H,10H2,1H3. The zero-order valence-corrected chi connectivity index (χ0v) is 12.0. The van der Waals surface area contributed by atoms with E-state index in [2.05, 4.69) is 6.07 Å². The minimum atomic E-state index is 0.588. The Hall–Kier alpha value is -1.63. The predicted molar refractivity (Wildman–Crippen MR) is 78.7 cm³/mol. The van der Waals surface area contributed by atoms with Crippen molar-refractivity contribution in [3.05, 3.63) is 58.6 Å². The molecule has 2 nitrogen and oxygen atoms in total. The zero-order chi connectivity index (χ0) is 13.7. The summed E-state index contributed by atoms with van der Waals surface area (Å²) in [6.45, 7) is 0. The van der Waals surface area contributed by atoms with Crippen molar-refractivity contribution in [2.45, 2.75) is 10.6 Å². The van der Waals surface area contributed by atoms with Crippen LogP contribution in [0.4, 0.5) is 0 Å². The highest BCUT2D eigenvalue weighted by Gasteiger charge is 2.04. The molecule has 0 saturated carbocycles. The van der Waals surface area contributed by atoms with E-state index in [1.54, 1.807) is 31.0 Å². The van der Waals surface area contributed by atoms with E-state index in [0.717, 1.165) is 16.4 Å². The van der Waals surface area contributed by atoms with Gasteiger partial charge in [-0.1, -0.05) is 23.7 Å². The Labute approximate surface area is 122 Å². The SMILES string of the molecule is COc1ccc(CSc2ccc(Cl)cc2C#N)cc1. The lowest BCUT2D eigenvalue weighted by Gasteiger charge is -2.05. The van der Waals surface area contributed by atoms with E-state index in [1.807, 2.05) is 30.3 Å². The van der Waals surface area contributed by atoms with Gasteiger partial charge in [0, 0.05) is 15.7 Å². The van der Waals surface area contributed by atoms with Crippen molar-refractivity contribution in [1.82, 2.24) is 0 Å². The summed E-state index contributed by atoms with van der Waals surface area (Å²) in [7, 11) is 1.65. The van der Waals surface area contributed by atoms with Crippen molar-refractivity contribution in [2.75, 3.05) is 7.11 Å². The molecule has 2 rings (SSSR count). The molecule has 0 aliphatic rings. The highest BCUT2D eigenvalue weighted by atomic mass is 35.5. The summed E-state index contributed by atoms with van der Waals surface area (Å²) in [6, 6.07) is 15.5. The van der Waals surface area contributed by atoms with E-state index >= 15 is 0 Å². The monoisotopic (exact) mass is 289 g/mol. The van der Waals surface area contributed by atoms with E-state index in [-0.39, 0.29) is 0 Å². The molecule has 0 radical (unpaired) electrons. The smallest absolute Gasteiger partial charge is 0.118 e. The maximum absolute atomic E-state index is 9.07. The first kappa shape index (κ1) is 13.8. The van der Waals surface area contributed by atoms with Crippen LogP contribution in [-0.2, 0) is 5.75 Å². The highest BCUT2D eigenvalue weighted by Crippen LogP contribution is 2.28. The highest BCUT2D eigenvalue weighted by molar-refractivity contribution is 7.98. The number of benzene rings is 2. The van der Waals surface area contributed by atoms with E-state index in [0.29, 0.717) is 10.6 Å². The van der Waals surface area contributed by atoms with Gasteiger partial charge in [0.1, 0.15) is 11.8 Å². The first-order valence-corrected chi connectivity index (χ1v) is 7.04. The van der Waals surface area contributed by atoms with Crippen LogP contribution in [0.15, 0.2) is 47.4 Å². The fraction of sp³-hybridized carbons (Fsp3) is 0.133. The van der Waals surface area contributed by atoms with Crippen LogP contribution in [0.5, 0.6) is 5.75 Å². The maximum Gasteiger partial charge on any atom is 0.118 e. The summed E-state index contributed by atoms with van der Waals surface area (Å²) in [6.07, 6.45) is 0. The molecule has 0 unspecified atom stereocenters. The van der Waals surface area contributed by atoms with Crippen molar-refractivity contribution >= 4 is 23.4 Å². The molecular weight excluding hydrogens is 278 g/mol. The summed E-state index contributed by atoms with van der Waals surface area (Å²) in [5.41, 5.74) is 1.80. The Morgan fingerprint density at radius 2 is 1.95 bits per heavy atom. The minimum Gasteiger partial charge on any atom is -0.497 e. The van der Waals surface area contributed by atoms with Gasteiger partial charge in [0.2, 0.25) is 0 Å². The van der Waals surface area contributed by atoms with Crippen LogP contribution < -0.4 is 4.74 Å². The van der Waals surface area contributed by atoms with Gasteiger partial charge in [0.05, 0.1) is 12.7 Å². The fourth-order valence-electron chi connectivity index (χ4n) is 1.60. The number of methoxy groups -OCH3 is 1. The van der Waals surface area contributed by atoms with Crippen LogP contribution in [0.2, 0.25) is 5.02 Å². The largest absolute Gasteiger partial charge is 0.497 e. The van der Waals surface area contributed by atoms with Crippen molar-refractivity contribution in [2.24, 2.45) is 0 Å². The van der Waals surface area contributed by atoms with Gasteiger partial charge in [-0.15, -0.1) is 11.8 Å². The predicted octanol–water partition coefficient (Wildman–Crippen LogP) is 4.51. The summed E-state index contributed by atoms with van der Waals surface area (Å²) in [5, 5.41) is 9.66. The van der Waals surface area contributed by atoms with Gasteiger partial charge in [-0.25, -0.2) is 0 Å². The Morgan fingerprint density at radius 1 is 1.21 bits per heavy atom. The molecule has 0 amide bonds. The third-order valence-corrected chi connectivity index (χ3v) is 4.00. The van der Waals surface area contributed by atoms with Crippen molar-refractivity contribution in [3.63, 3.8) is 0 Å². The van der Waals surface area contributed by atoms with Gasteiger partial charge >= 0.3 is 0 Å². The second-order valence-corrected chi connectivity index (χ2v) is 5.34. The molecule has 4 heteroatoms. The van der Waals surface area contributed by atoms with Crippen LogP contribution in [0.1, 0.15) is 11.1 Å². The number of hydrogen-bond acceptors (Lipinski definition) is 3. The van der Waals surface area contributed by atoms with Gasteiger partial charge in [-0.3, -0.25) is 0 Å². The Balaban J connectivity index is 2.08. The molecule has 0 atom stereocenters. The van der Waals surface area contributed by atoms with Crippen LogP contribution in [0, 0.1) is 11.3 Å². The summed E-state index contributed by atoms with van der Waals surface area (Å²) >= 11 is 7.50. The maximum atomic E-state index is 9.07. The van der Waals surface area contributed by atoms with Crippen LogP contribution in [-0.4, -0.2) is 7.11 Å². The average molecular weight is 290 g/mol. The second-order valence-electron chi connectivity index (χ2n) is 3.89. The van der Waals surface area contributed by atoms with Gasteiger partial charge in [-0.05, 0) is 35.9 Å². The summed E-state index contributed by atoms with van der Waals surface area (Å²) in [5.74, 6) is 1.65. The lowest BCUT2D eigenvalue weighted by atomic mass is 10.2. The Bertz CT molecular complexity index is 605. The van der Waals surface area contributed by atoms with Crippen LogP contribution in [0.3, 0.4) is 0 Å². The molecule has 2 aromatic rings. The van der Waals surface area contributed by atoms with Crippen LogP contribution >= 0.6 is 23.4 Å². The van der Waals surface area contributed by atoms with E-state index in [1.165, 1.54) is 5.56 Å². The number of nitriles is 1. The lowest BCUT2D eigenvalue weighted by molar-refractivity contribution is 0.414. The summed E-state index contributed by atoms with van der Waals surface area (Å²) < 4.78 is 5.12. The molecule has 0 aliphatic heterocycles. The van der Waals surface area contributed by atoms with E-state index < -0.39 is 0 Å². The molecular formula is C15H12ClNOS. The molecule has 0 spiro atoms. The number of rotatable bonds is 4. The normalized spacial score (nSPS) is 9.95. The molecule has 2 aromatic carbocycles. The number of nitrogens with zero attached hydrogens (tertiary/aromatic N) is 1. The fourth-order valence-corrected chi connectivity index (χ4v) is 2.71. The zero-order valence-electron chi connectivity index (χ0n) is 10.4. The quantitative estimate of drug-likeness (QED) is 0.776. The minimum absolute atomic E-state index is 0.588. The molecule has 0 fully saturated rings. The first-order chi connectivity index (χ1) is 9.22. The topological polar surface area (TPSA) is 33.0 Å². The number of hydrogen-bond donors (Lipinski definition) is 0. The Morgan fingerprint density at radius 3 is 2.58 bits per heavy atom. The third-order valence-electron chi connectivity index (χ3n) is 2.62. The average Bonchev–Trinajstić information content (AvgIpc) is 2.46. The number of halogens is 1. The van der Waals surface area contributed by atoms with Crippen molar-refractivity contribution in [3.8, 4) is 11.8 Å². The van der Waals surface area contributed by atoms with Crippen LogP contribution in [0.25, 0.3) is 0 Å². The lowest BCUT2D eigenvalue weighted by Crippen LogP contribution is -1.86. The van der Waals surface area contributed by atoms with Gasteiger partial charge in [0.25, 0.3) is 0 Å². The van der Waals surface area contributed by atoms with Crippen molar-refractivity contribution in [1.29, 1.82) is 5.26 Å². The van der Waals surface area contributed by atoms with Gasteiger partial charge in [0.15, 0.2) is 0 Å². The Kier molecular flexibility index (Phi) is 4.73. The molecule has 0 N–H and O–H groups in total. The molecule has 0 saturated heterocycles. The van der Waals surface area contributed by atoms with E-state index in [4.69, 9.17) is 21.6 Å². The molecule has 0 aliphatic carbocycles. The van der Waals surface area contributed by atoms with Gasteiger partial charge < -0.3 is 4.74 Å². The molecule has 0 bridgehead atoms. The molecule has 96 valence electrons. The molecule has 0 aromatic heterocycles. The first-order valence-electron chi connectivity index (χ1n) is 5.68.